The van der Waals surface area contributed by atoms with Gasteiger partial charge in [0.2, 0.25) is 0 Å². The van der Waals surface area contributed by atoms with E-state index in [1.54, 1.807) is 24.3 Å². The van der Waals surface area contributed by atoms with Gasteiger partial charge in [-0.1, -0.05) is 97.1 Å². The molecule has 2 unspecified atom stereocenters. The van der Waals surface area contributed by atoms with Crippen LogP contribution >= 0.6 is 43.7 Å². The quantitative estimate of drug-likeness (QED) is 0.174. The van der Waals surface area contributed by atoms with Gasteiger partial charge in [0.15, 0.2) is 0 Å². The van der Waals surface area contributed by atoms with Crippen molar-refractivity contribution in [3.63, 3.8) is 0 Å². The van der Waals surface area contributed by atoms with Crippen molar-refractivity contribution >= 4 is 65.3 Å². The zero-order valence-electron chi connectivity index (χ0n) is 22.8. The molecule has 8 rings (SSSR count). The first-order valence-electron chi connectivity index (χ1n) is 13.6. The maximum Gasteiger partial charge on any atom is 0.457 e. The van der Waals surface area contributed by atoms with E-state index in [0.717, 1.165) is 32.7 Å². The smallest absolute Gasteiger partial charge is 0.431 e. The Morgan fingerprint density at radius 2 is 0.886 bits per heavy atom. The number of benzene rings is 6. The highest BCUT2D eigenvalue weighted by Gasteiger charge is 2.45. The third-order valence-electron chi connectivity index (χ3n) is 7.06. The molecule has 0 amide bonds. The molecule has 12 heteroatoms. The molecule has 0 aromatic heterocycles. The highest BCUT2D eigenvalue weighted by atomic mass is 35.7. The molecule has 2 atom stereocenters. The van der Waals surface area contributed by atoms with Crippen molar-refractivity contribution in [2.45, 2.75) is 0 Å². The van der Waals surface area contributed by atoms with E-state index in [0.29, 0.717) is 23.0 Å². The average Bonchev–Trinajstić information content (AvgIpc) is 3.14. The average molecular weight is 676 g/mol. The topological polar surface area (TPSA) is 74.0 Å². The molecule has 0 fully saturated rings. The molecular weight excluding hydrogens is 654 g/mol. The van der Waals surface area contributed by atoms with Gasteiger partial charge < -0.3 is 18.1 Å². The van der Waals surface area contributed by atoms with E-state index >= 15 is 0 Å². The van der Waals surface area contributed by atoms with Gasteiger partial charge in [-0.25, -0.2) is 0 Å². The van der Waals surface area contributed by atoms with Crippen molar-refractivity contribution in [2.24, 2.45) is 13.5 Å². The van der Waals surface area contributed by atoms with Crippen LogP contribution in [-0.2, 0) is 0 Å². The molecular formula is C32H22Cl2N3O4P3. The molecule has 2 aliphatic heterocycles. The molecule has 7 nitrogen and oxygen atoms in total. The molecule has 0 radical (unpaired) electrons. The Labute approximate surface area is 263 Å². The first-order valence-corrected chi connectivity index (χ1v) is 20.2. The van der Waals surface area contributed by atoms with Crippen LogP contribution in [0.15, 0.2) is 147 Å². The molecule has 218 valence electrons. The fraction of sp³-hybridized carbons (Fsp3) is 0. The van der Waals surface area contributed by atoms with Crippen molar-refractivity contribution in [2.75, 3.05) is 0 Å². The predicted molar refractivity (Wildman–Crippen MR) is 182 cm³/mol. The zero-order chi connectivity index (χ0) is 29.8. The summed E-state index contributed by atoms with van der Waals surface area (Å²) >= 11 is 14.4. The van der Waals surface area contributed by atoms with Crippen molar-refractivity contribution in [3.05, 3.63) is 133 Å². The molecule has 6 aromatic carbocycles. The molecule has 6 aromatic rings. The minimum atomic E-state index is -3.72. The molecule has 44 heavy (non-hydrogen) atoms. The maximum atomic E-state index is 7.21. The standard InChI is InChI=1S/C32H22Cl2N3O4P3/c33-42(38-25-13-3-1-4-14-25)35-43(34,39-26-15-5-2-6-16-26)37-44(36-42)40-29-21-19-23-11-7-9-17-27(23)31(29)32-28-18-10-8-12-24(28)20-22-30(32)41-44/h1-22H. The van der Waals surface area contributed by atoms with Crippen LogP contribution in [0.1, 0.15) is 0 Å². The number of para-hydroxylation sites is 2. The molecule has 0 bridgehead atoms. The summed E-state index contributed by atoms with van der Waals surface area (Å²) in [4.78, 5) is 0. The number of rotatable bonds is 4. The third-order valence-corrected chi connectivity index (χ3v) is 17.0. The Morgan fingerprint density at radius 3 is 1.39 bits per heavy atom. The number of halogens is 2. The van der Waals surface area contributed by atoms with E-state index in [1.165, 1.54) is 0 Å². The van der Waals surface area contributed by atoms with Crippen LogP contribution in [0.4, 0.5) is 0 Å². The fourth-order valence-corrected chi connectivity index (χ4v) is 16.8. The summed E-state index contributed by atoms with van der Waals surface area (Å²) in [5.74, 6) is 2.01. The predicted octanol–water partition coefficient (Wildman–Crippen LogP) is 12.9. The second kappa shape index (κ2) is 10.7. The Bertz CT molecular complexity index is 2130. The summed E-state index contributed by atoms with van der Waals surface area (Å²) in [6.45, 7) is -7.19. The van der Waals surface area contributed by atoms with E-state index in [1.807, 2.05) is 84.9 Å². The number of hydrogen-bond acceptors (Lipinski definition) is 7. The lowest BCUT2D eigenvalue weighted by Gasteiger charge is -2.29. The van der Waals surface area contributed by atoms with E-state index in [9.17, 15) is 0 Å². The van der Waals surface area contributed by atoms with Crippen LogP contribution in [0.25, 0.3) is 32.7 Å². The van der Waals surface area contributed by atoms with Crippen LogP contribution in [-0.4, -0.2) is 0 Å². The van der Waals surface area contributed by atoms with Gasteiger partial charge in [-0.2, -0.15) is 0 Å². The minimum Gasteiger partial charge on any atom is -0.431 e. The van der Waals surface area contributed by atoms with Crippen molar-refractivity contribution in [1.29, 1.82) is 0 Å². The van der Waals surface area contributed by atoms with E-state index in [4.69, 9.17) is 49.6 Å². The third kappa shape index (κ3) is 5.09. The highest BCUT2D eigenvalue weighted by molar-refractivity contribution is 8.00. The van der Waals surface area contributed by atoms with Gasteiger partial charge in [-0.15, -0.1) is 13.5 Å². The molecule has 1 spiro atoms. The summed E-state index contributed by atoms with van der Waals surface area (Å²) in [5.41, 5.74) is 1.73. The van der Waals surface area contributed by atoms with Crippen molar-refractivity contribution in [3.8, 4) is 34.1 Å². The van der Waals surface area contributed by atoms with E-state index in [-0.39, 0.29) is 0 Å². The van der Waals surface area contributed by atoms with Crippen LogP contribution in [0.5, 0.6) is 23.0 Å². The minimum absolute atomic E-state index is 0.471. The second-order valence-electron chi connectivity index (χ2n) is 10.0. The Kier molecular flexibility index (Phi) is 6.79. The number of nitrogens with zero attached hydrogens (tertiary/aromatic N) is 3. The summed E-state index contributed by atoms with van der Waals surface area (Å²) < 4.78 is 40.7. The van der Waals surface area contributed by atoms with Gasteiger partial charge >= 0.3 is 21.2 Å². The molecule has 0 N–H and O–H groups in total. The molecule has 0 saturated heterocycles. The van der Waals surface area contributed by atoms with Crippen molar-refractivity contribution in [1.82, 2.24) is 0 Å². The summed E-state index contributed by atoms with van der Waals surface area (Å²) in [7, 11) is -3.72. The summed E-state index contributed by atoms with van der Waals surface area (Å²) in [5, 5.41) is 4.09. The highest BCUT2D eigenvalue weighted by Crippen LogP contribution is 2.82. The molecule has 2 heterocycles. The van der Waals surface area contributed by atoms with Gasteiger partial charge in [-0.3, -0.25) is 0 Å². The lowest BCUT2D eigenvalue weighted by molar-refractivity contribution is 0.485. The van der Waals surface area contributed by atoms with Gasteiger partial charge in [0.1, 0.15) is 23.0 Å². The Hall–Kier alpha value is -3.69. The molecule has 2 aliphatic rings. The van der Waals surface area contributed by atoms with Gasteiger partial charge in [0, 0.05) is 11.1 Å². The normalized spacial score (nSPS) is 21.3. The van der Waals surface area contributed by atoms with Crippen LogP contribution in [0.2, 0.25) is 0 Å². The largest absolute Gasteiger partial charge is 0.457 e. The van der Waals surface area contributed by atoms with Crippen LogP contribution in [0, 0.1) is 0 Å². The van der Waals surface area contributed by atoms with Crippen LogP contribution < -0.4 is 18.1 Å². The van der Waals surface area contributed by atoms with Crippen molar-refractivity contribution < 1.29 is 18.1 Å². The Morgan fingerprint density at radius 1 is 0.455 bits per heavy atom. The lowest BCUT2D eigenvalue weighted by Crippen LogP contribution is -2.02. The number of hydrogen-bond donors (Lipinski definition) is 0. The zero-order valence-corrected chi connectivity index (χ0v) is 27.0. The SMILES string of the molecule is ClP1(Oc2ccccc2)=NP(Cl)(Oc2ccccc2)=NP2(=N1)Oc1ccc3ccccc3c1-c1c(ccc3ccccc13)O2. The lowest BCUT2D eigenvalue weighted by atomic mass is 9.92. The fourth-order valence-electron chi connectivity index (χ4n) is 5.29. The summed E-state index contributed by atoms with van der Waals surface area (Å²) in [6.07, 6.45) is 0. The summed E-state index contributed by atoms with van der Waals surface area (Å²) in [6, 6.07) is 42.3. The Balaban J connectivity index is 1.42. The van der Waals surface area contributed by atoms with Gasteiger partial charge in [0.05, 0.1) is 0 Å². The monoisotopic (exact) mass is 675 g/mol. The maximum absolute atomic E-state index is 7.21. The van der Waals surface area contributed by atoms with Gasteiger partial charge in [0.25, 0.3) is 0 Å². The first-order chi connectivity index (χ1) is 21.4. The van der Waals surface area contributed by atoms with E-state index < -0.39 is 21.2 Å². The van der Waals surface area contributed by atoms with Gasteiger partial charge in [-0.05, 0) is 80.4 Å². The molecule has 0 aliphatic carbocycles. The number of fused-ring (bicyclic) bond motifs is 7. The van der Waals surface area contributed by atoms with Crippen LogP contribution in [0.3, 0.4) is 0 Å². The second-order valence-corrected chi connectivity index (χ2v) is 18.4. The van der Waals surface area contributed by atoms with E-state index in [2.05, 4.69) is 28.8 Å². The first kappa shape index (κ1) is 27.8. The molecule has 0 saturated carbocycles.